The van der Waals surface area contributed by atoms with Crippen molar-refractivity contribution in [3.05, 3.63) is 51.9 Å². The summed E-state index contributed by atoms with van der Waals surface area (Å²) >= 11 is 6.01. The van der Waals surface area contributed by atoms with Crippen molar-refractivity contribution in [3.63, 3.8) is 0 Å². The number of fused-ring (bicyclic) bond motifs is 1. The van der Waals surface area contributed by atoms with Crippen LogP contribution in [0.25, 0.3) is 0 Å². The van der Waals surface area contributed by atoms with Gasteiger partial charge in [-0.15, -0.1) is 0 Å². The zero-order chi connectivity index (χ0) is 22.8. The highest BCUT2D eigenvalue weighted by atomic mass is 35.5. The average Bonchev–Trinajstić information content (AvgIpc) is 3.06. The van der Waals surface area contributed by atoms with Gasteiger partial charge in [-0.3, -0.25) is 14.6 Å². The maximum atomic E-state index is 12.9. The normalized spacial score (nSPS) is 14.4. The molecule has 1 unspecified atom stereocenters. The topological polar surface area (TPSA) is 105 Å². The molecule has 3 heterocycles. The molecule has 3 rings (SSSR count). The molecule has 8 nitrogen and oxygen atoms in total. The van der Waals surface area contributed by atoms with Crippen molar-refractivity contribution in [1.29, 1.82) is 0 Å². The molecule has 2 aromatic rings. The van der Waals surface area contributed by atoms with E-state index in [-0.39, 0.29) is 42.2 Å². The number of aromatic nitrogens is 2. The van der Waals surface area contributed by atoms with E-state index in [1.54, 1.807) is 6.92 Å². The Morgan fingerprint density at radius 3 is 2.81 bits per heavy atom. The maximum Gasteiger partial charge on any atom is 0.422 e. The van der Waals surface area contributed by atoms with Crippen molar-refractivity contribution >= 4 is 23.4 Å². The van der Waals surface area contributed by atoms with Crippen molar-refractivity contribution in [1.82, 2.24) is 20.2 Å². The van der Waals surface area contributed by atoms with E-state index in [0.717, 1.165) is 0 Å². The Balaban J connectivity index is 1.80. The number of halogens is 4. The van der Waals surface area contributed by atoms with Crippen LogP contribution in [-0.4, -0.2) is 57.7 Å². The smallest absolute Gasteiger partial charge is 0.422 e. The van der Waals surface area contributed by atoms with Gasteiger partial charge in [0, 0.05) is 36.6 Å². The van der Waals surface area contributed by atoms with E-state index in [1.165, 1.54) is 29.4 Å². The number of hydrogen-bond acceptors (Lipinski definition) is 6. The Labute approximate surface area is 180 Å². The van der Waals surface area contributed by atoms with Crippen LogP contribution in [0.3, 0.4) is 0 Å². The molecule has 0 saturated heterocycles. The molecule has 0 radical (unpaired) electrons. The molecule has 2 aromatic heterocycles. The molecule has 1 atom stereocenters. The van der Waals surface area contributed by atoms with Crippen molar-refractivity contribution in [2.45, 2.75) is 25.7 Å². The molecule has 1 aliphatic rings. The lowest BCUT2D eigenvalue weighted by atomic mass is 10.1. The second kappa shape index (κ2) is 9.06. The van der Waals surface area contributed by atoms with Crippen LogP contribution in [0, 0.1) is 0 Å². The summed E-state index contributed by atoms with van der Waals surface area (Å²) in [4.78, 5) is 34.5. The van der Waals surface area contributed by atoms with Gasteiger partial charge in [0.1, 0.15) is 10.7 Å². The minimum atomic E-state index is -4.53. The van der Waals surface area contributed by atoms with E-state index in [9.17, 15) is 22.8 Å². The molecule has 166 valence electrons. The van der Waals surface area contributed by atoms with Gasteiger partial charge < -0.3 is 20.1 Å². The fourth-order valence-corrected chi connectivity index (χ4v) is 3.35. The van der Waals surface area contributed by atoms with Gasteiger partial charge in [-0.05, 0) is 24.6 Å². The van der Waals surface area contributed by atoms with Crippen LogP contribution in [-0.2, 0) is 6.54 Å². The van der Waals surface area contributed by atoms with E-state index < -0.39 is 24.7 Å². The molecule has 0 bridgehead atoms. The molecule has 2 amide bonds. The first-order valence-electron chi connectivity index (χ1n) is 9.15. The Morgan fingerprint density at radius 1 is 1.42 bits per heavy atom. The summed E-state index contributed by atoms with van der Waals surface area (Å²) in [6.45, 7) is 0.0778. The number of carbonyl (C=O) groups excluding carboxylic acids is 2. The highest BCUT2D eigenvalue weighted by Crippen LogP contribution is 2.34. The first-order valence-corrected chi connectivity index (χ1v) is 9.53. The van der Waals surface area contributed by atoms with Crippen LogP contribution in [0.5, 0.6) is 5.88 Å². The fraction of sp³-hybridized carbons (Fsp3) is 0.368. The molecule has 0 spiro atoms. The Kier molecular flexibility index (Phi) is 6.65. The zero-order valence-electron chi connectivity index (χ0n) is 16.2. The summed E-state index contributed by atoms with van der Waals surface area (Å²) in [5.41, 5.74) is 1.32. The summed E-state index contributed by atoms with van der Waals surface area (Å²) < 4.78 is 41.6. The van der Waals surface area contributed by atoms with Crippen molar-refractivity contribution in [3.8, 4) is 5.88 Å². The Hall–Kier alpha value is -2.92. The lowest BCUT2D eigenvalue weighted by Gasteiger charge is -2.25. The molecule has 0 saturated carbocycles. The van der Waals surface area contributed by atoms with Crippen LogP contribution >= 0.6 is 11.6 Å². The second-order valence-electron chi connectivity index (χ2n) is 6.73. The minimum Gasteiger partial charge on any atom is -0.467 e. The number of nitrogens with zero attached hydrogens (tertiary/aromatic N) is 3. The van der Waals surface area contributed by atoms with E-state index in [1.807, 2.05) is 0 Å². The number of rotatable bonds is 7. The largest absolute Gasteiger partial charge is 0.467 e. The van der Waals surface area contributed by atoms with Crippen LogP contribution in [0.4, 0.5) is 13.2 Å². The number of ether oxygens (including phenoxy) is 1. The van der Waals surface area contributed by atoms with Gasteiger partial charge in [0.25, 0.3) is 11.8 Å². The van der Waals surface area contributed by atoms with Crippen molar-refractivity contribution in [2.24, 2.45) is 0 Å². The third kappa shape index (κ3) is 5.05. The SMILES string of the molecule is CC(c1cnc(OCC(F)(F)F)c(Cl)c1)N1Cc2c(ccnc2C(=O)NCCO)C1=O. The zero-order valence-corrected chi connectivity index (χ0v) is 17.0. The first kappa shape index (κ1) is 22.8. The maximum absolute atomic E-state index is 12.9. The monoisotopic (exact) mass is 458 g/mol. The molecule has 0 aliphatic carbocycles. The third-order valence-electron chi connectivity index (χ3n) is 4.64. The molecule has 2 N–H and O–H groups in total. The van der Waals surface area contributed by atoms with Crippen molar-refractivity contribution in [2.75, 3.05) is 19.8 Å². The molecular formula is C19H18ClF3N4O4. The number of aliphatic hydroxyl groups excluding tert-OH is 1. The van der Waals surface area contributed by atoms with E-state index in [4.69, 9.17) is 16.7 Å². The standard InChI is InChI=1S/C19H18ClF3N4O4/c1-10(11-6-14(20)17(26-7-11)31-9-19(21,22)23)27-8-13-12(18(27)30)2-3-24-15(13)16(29)25-4-5-28/h2-3,6-7,10,28H,4-5,8-9H2,1H3,(H,25,29). The van der Waals surface area contributed by atoms with Crippen LogP contribution in [0.1, 0.15) is 44.9 Å². The number of aliphatic hydroxyl groups is 1. The lowest BCUT2D eigenvalue weighted by molar-refractivity contribution is -0.154. The number of pyridine rings is 2. The highest BCUT2D eigenvalue weighted by molar-refractivity contribution is 6.31. The van der Waals surface area contributed by atoms with Crippen LogP contribution in [0.15, 0.2) is 24.5 Å². The number of alkyl halides is 3. The van der Waals surface area contributed by atoms with E-state index in [2.05, 4.69) is 20.0 Å². The number of carbonyl (C=O) groups is 2. The quantitative estimate of drug-likeness (QED) is 0.660. The van der Waals surface area contributed by atoms with Gasteiger partial charge in [0.05, 0.1) is 12.6 Å². The van der Waals surface area contributed by atoms with Gasteiger partial charge in [-0.25, -0.2) is 4.98 Å². The number of nitrogens with one attached hydrogen (secondary N) is 1. The molecule has 0 fully saturated rings. The molecule has 31 heavy (non-hydrogen) atoms. The summed E-state index contributed by atoms with van der Waals surface area (Å²) in [5.74, 6) is -1.21. The highest BCUT2D eigenvalue weighted by Gasteiger charge is 2.35. The lowest BCUT2D eigenvalue weighted by Crippen LogP contribution is -2.29. The first-order chi connectivity index (χ1) is 14.6. The molecule has 0 aromatic carbocycles. The Morgan fingerprint density at radius 2 is 2.16 bits per heavy atom. The second-order valence-corrected chi connectivity index (χ2v) is 7.14. The third-order valence-corrected chi connectivity index (χ3v) is 4.91. The van der Waals surface area contributed by atoms with E-state index >= 15 is 0 Å². The number of hydrogen-bond donors (Lipinski definition) is 2. The number of amides is 2. The van der Waals surface area contributed by atoms with Crippen LogP contribution < -0.4 is 10.1 Å². The fourth-order valence-electron chi connectivity index (χ4n) is 3.12. The van der Waals surface area contributed by atoms with Crippen LogP contribution in [0.2, 0.25) is 5.02 Å². The predicted molar refractivity (Wildman–Crippen MR) is 103 cm³/mol. The van der Waals surface area contributed by atoms with Gasteiger partial charge in [-0.2, -0.15) is 13.2 Å². The summed E-state index contributed by atoms with van der Waals surface area (Å²) in [6.07, 6.45) is -1.89. The summed E-state index contributed by atoms with van der Waals surface area (Å²) in [6, 6.07) is 2.34. The van der Waals surface area contributed by atoms with E-state index in [0.29, 0.717) is 16.7 Å². The Bertz CT molecular complexity index is 1000. The summed E-state index contributed by atoms with van der Waals surface area (Å²) in [7, 11) is 0. The van der Waals surface area contributed by atoms with Crippen molar-refractivity contribution < 1.29 is 32.6 Å². The predicted octanol–water partition coefficient (Wildman–Crippen LogP) is 2.51. The van der Waals surface area contributed by atoms with Gasteiger partial charge in [0.15, 0.2) is 6.61 Å². The minimum absolute atomic E-state index is 0.0468. The van der Waals surface area contributed by atoms with Gasteiger partial charge in [0.2, 0.25) is 5.88 Å². The van der Waals surface area contributed by atoms with Gasteiger partial charge in [-0.1, -0.05) is 11.6 Å². The summed E-state index contributed by atoms with van der Waals surface area (Å²) in [5, 5.41) is 11.3. The average molecular weight is 459 g/mol. The molecule has 12 heteroatoms. The molecular weight excluding hydrogens is 441 g/mol. The van der Waals surface area contributed by atoms with Gasteiger partial charge >= 0.3 is 6.18 Å². The molecule has 1 aliphatic heterocycles.